The molecule has 0 aliphatic carbocycles. The van der Waals surface area contributed by atoms with Crippen LogP contribution in [-0.2, 0) is 21.7 Å². The highest BCUT2D eigenvalue weighted by Gasteiger charge is 2.43. The Morgan fingerprint density at radius 2 is 0.707 bits per heavy atom. The number of nitrogens with zero attached hydrogens (tertiary/aromatic N) is 2. The Morgan fingerprint density at radius 1 is 0.431 bits per heavy atom. The van der Waals surface area contributed by atoms with Gasteiger partial charge in [-0.1, -0.05) is 110 Å². The number of unbranched alkanes of at least 4 members (excludes halogenated alkanes) is 2. The summed E-state index contributed by atoms with van der Waals surface area (Å²) in [5, 5.41) is 24.0. The maximum absolute atomic E-state index is 15.0. The van der Waals surface area contributed by atoms with Crippen molar-refractivity contribution in [2.45, 2.75) is 144 Å². The summed E-state index contributed by atoms with van der Waals surface area (Å²) in [6, 6.07) is 11.1. The number of imide groups is 2. The van der Waals surface area contributed by atoms with Gasteiger partial charge in [-0.25, -0.2) is 0 Å². The lowest BCUT2D eigenvalue weighted by Gasteiger charge is -2.35. The molecule has 0 fully saturated rings. The normalized spacial score (nSPS) is 15.0. The predicted molar refractivity (Wildman–Crippen MR) is 233 cm³/mol. The second-order valence-electron chi connectivity index (χ2n) is 20.5. The maximum Gasteiger partial charge on any atom is 0.262 e. The van der Waals surface area contributed by atoms with Crippen molar-refractivity contribution in [2.24, 2.45) is 0 Å². The number of carbonyl (C=O) groups excluding carboxylic acids is 4. The third-order valence-electron chi connectivity index (χ3n) is 11.8. The Hall–Kier alpha value is -4.98. The van der Waals surface area contributed by atoms with E-state index in [1.54, 1.807) is 12.1 Å². The maximum atomic E-state index is 15.0. The van der Waals surface area contributed by atoms with Crippen molar-refractivity contribution in [3.05, 3.63) is 80.9 Å². The third kappa shape index (κ3) is 7.00. The van der Waals surface area contributed by atoms with Crippen LogP contribution in [0.4, 0.5) is 0 Å². The molecular weight excluding hydrogens is 725 g/mol. The third-order valence-corrected chi connectivity index (χ3v) is 11.8. The van der Waals surface area contributed by atoms with Gasteiger partial charge in [0.1, 0.15) is 11.5 Å². The predicted octanol–water partition coefficient (Wildman–Crippen LogP) is 11.6. The summed E-state index contributed by atoms with van der Waals surface area (Å²) in [6.45, 7) is 28.7. The van der Waals surface area contributed by atoms with Gasteiger partial charge in [0, 0.05) is 57.2 Å². The van der Waals surface area contributed by atoms with Crippen LogP contribution in [0.3, 0.4) is 0 Å². The molecule has 4 amide bonds. The molecule has 308 valence electrons. The first kappa shape index (κ1) is 42.6. The van der Waals surface area contributed by atoms with Crippen molar-refractivity contribution in [3.8, 4) is 33.8 Å². The zero-order valence-electron chi connectivity index (χ0n) is 37.1. The molecule has 0 unspecified atom stereocenters. The Balaban J connectivity index is 1.86. The summed E-state index contributed by atoms with van der Waals surface area (Å²) in [5.41, 5.74) is 4.10. The molecule has 0 spiro atoms. The van der Waals surface area contributed by atoms with E-state index in [1.807, 2.05) is 121 Å². The molecule has 58 heavy (non-hydrogen) atoms. The van der Waals surface area contributed by atoms with Gasteiger partial charge in [0.25, 0.3) is 23.6 Å². The first-order valence-corrected chi connectivity index (χ1v) is 20.9. The molecular formula is C50H62N2O6. The van der Waals surface area contributed by atoms with Crippen LogP contribution in [0.5, 0.6) is 11.5 Å². The summed E-state index contributed by atoms with van der Waals surface area (Å²) < 4.78 is 0. The first-order valence-electron chi connectivity index (χ1n) is 20.9. The van der Waals surface area contributed by atoms with E-state index in [9.17, 15) is 29.4 Å². The standard InChI is InChI=1S/C50H62N2O6/c1-15-17-19-51-43(55)31-25-30(28-23-35(49(9,10)11)42(54)36(24-28)50(12,13)14)40-38-32(44(56)52(46(40)58)20-18-16-2)26-29(39(37(31)38)45(51)57)27-21-33(47(3,4)5)41(53)34(22-27)48(6,7)8/h21-26,53-54H,15-20H2,1-14H3. The van der Waals surface area contributed by atoms with Gasteiger partial charge in [-0.2, -0.15) is 0 Å². The van der Waals surface area contributed by atoms with Crippen LogP contribution in [0, 0.1) is 0 Å². The van der Waals surface area contributed by atoms with Crippen LogP contribution in [0.25, 0.3) is 33.0 Å². The lowest BCUT2D eigenvalue weighted by atomic mass is 9.74. The summed E-state index contributed by atoms with van der Waals surface area (Å²) in [5.74, 6) is -1.53. The van der Waals surface area contributed by atoms with Crippen LogP contribution in [0.1, 0.15) is 186 Å². The number of rotatable bonds is 8. The monoisotopic (exact) mass is 786 g/mol. The minimum atomic E-state index is -0.482. The lowest BCUT2D eigenvalue weighted by molar-refractivity contribution is 0.0587. The number of phenolic OH excluding ortho intramolecular Hbond substituents is 2. The number of aromatic hydroxyl groups is 2. The number of phenols is 2. The molecule has 8 heteroatoms. The Labute approximate surface area is 344 Å². The van der Waals surface area contributed by atoms with E-state index in [4.69, 9.17) is 0 Å². The fraction of sp³-hybridized carbons (Fsp3) is 0.480. The fourth-order valence-electron chi connectivity index (χ4n) is 8.52. The molecule has 6 rings (SSSR count). The summed E-state index contributed by atoms with van der Waals surface area (Å²) in [6.07, 6.45) is 2.71. The molecule has 2 heterocycles. The lowest BCUT2D eigenvalue weighted by Crippen LogP contribution is -2.44. The van der Waals surface area contributed by atoms with E-state index >= 15 is 0 Å². The largest absolute Gasteiger partial charge is 0.507 e. The van der Waals surface area contributed by atoms with Gasteiger partial charge in [-0.3, -0.25) is 29.0 Å². The van der Waals surface area contributed by atoms with E-state index in [0.29, 0.717) is 68.1 Å². The zero-order chi connectivity index (χ0) is 43.2. The average molecular weight is 787 g/mol. The number of benzene rings is 4. The van der Waals surface area contributed by atoms with Crippen molar-refractivity contribution in [2.75, 3.05) is 13.1 Å². The quantitative estimate of drug-likeness (QED) is 0.172. The van der Waals surface area contributed by atoms with Gasteiger partial charge < -0.3 is 10.2 Å². The van der Waals surface area contributed by atoms with Crippen molar-refractivity contribution >= 4 is 34.4 Å². The van der Waals surface area contributed by atoms with Gasteiger partial charge >= 0.3 is 0 Å². The van der Waals surface area contributed by atoms with Gasteiger partial charge in [0.05, 0.1) is 11.1 Å². The van der Waals surface area contributed by atoms with Crippen molar-refractivity contribution < 1.29 is 29.4 Å². The molecule has 0 aromatic heterocycles. The highest BCUT2D eigenvalue weighted by molar-refractivity contribution is 6.36. The second kappa shape index (κ2) is 14.4. The van der Waals surface area contributed by atoms with Crippen LogP contribution in [0.15, 0.2) is 36.4 Å². The molecule has 0 atom stereocenters. The number of hydrogen-bond donors (Lipinski definition) is 2. The number of carbonyl (C=O) groups is 4. The molecule has 4 aromatic rings. The van der Waals surface area contributed by atoms with Gasteiger partial charge in [-0.05, 0) is 93.2 Å². The highest BCUT2D eigenvalue weighted by Crippen LogP contribution is 2.50. The van der Waals surface area contributed by atoms with Crippen LogP contribution < -0.4 is 0 Å². The minimum Gasteiger partial charge on any atom is -0.507 e. The minimum absolute atomic E-state index is 0.184. The molecule has 8 nitrogen and oxygen atoms in total. The van der Waals surface area contributed by atoms with Crippen molar-refractivity contribution in [3.63, 3.8) is 0 Å². The van der Waals surface area contributed by atoms with Gasteiger partial charge in [-0.15, -0.1) is 0 Å². The molecule has 2 N–H and O–H groups in total. The molecule has 4 aromatic carbocycles. The molecule has 0 saturated carbocycles. The van der Waals surface area contributed by atoms with E-state index in [0.717, 1.165) is 12.8 Å². The summed E-state index contributed by atoms with van der Waals surface area (Å²) in [4.78, 5) is 62.2. The molecule has 0 radical (unpaired) electrons. The van der Waals surface area contributed by atoms with Gasteiger partial charge in [0.15, 0.2) is 0 Å². The van der Waals surface area contributed by atoms with E-state index in [-0.39, 0.29) is 46.8 Å². The molecule has 2 aliphatic heterocycles. The van der Waals surface area contributed by atoms with Crippen LogP contribution >= 0.6 is 0 Å². The van der Waals surface area contributed by atoms with Crippen LogP contribution in [-0.4, -0.2) is 56.7 Å². The number of amides is 4. The highest BCUT2D eigenvalue weighted by atomic mass is 16.3. The molecule has 0 saturated heterocycles. The Bertz CT molecular complexity index is 2170. The SMILES string of the molecule is CCCCN1C(=O)c2cc(-c3cc(C(C)(C)C)c(O)c(C(C)(C)C)c3)c3c4c(cc(-c5cc(C(C)(C)C)c(O)c(C(C)(C)C)c5)c(c24)C1=O)C(=O)N(CCCC)C3=O. The average Bonchev–Trinajstić information content (AvgIpc) is 3.10. The van der Waals surface area contributed by atoms with Crippen LogP contribution in [0.2, 0.25) is 0 Å². The van der Waals surface area contributed by atoms with E-state index < -0.39 is 45.3 Å². The fourth-order valence-corrected chi connectivity index (χ4v) is 8.52. The zero-order valence-corrected chi connectivity index (χ0v) is 37.1. The Kier molecular flexibility index (Phi) is 10.6. The number of hydrogen-bond acceptors (Lipinski definition) is 6. The Morgan fingerprint density at radius 3 is 0.948 bits per heavy atom. The first-order chi connectivity index (χ1) is 26.7. The van der Waals surface area contributed by atoms with Crippen molar-refractivity contribution in [1.29, 1.82) is 0 Å². The van der Waals surface area contributed by atoms with Gasteiger partial charge in [0.2, 0.25) is 0 Å². The van der Waals surface area contributed by atoms with Crippen molar-refractivity contribution in [1.82, 2.24) is 9.80 Å². The molecule has 2 aliphatic rings. The topological polar surface area (TPSA) is 115 Å². The van der Waals surface area contributed by atoms with E-state index in [1.165, 1.54) is 9.80 Å². The summed E-state index contributed by atoms with van der Waals surface area (Å²) >= 11 is 0. The summed E-state index contributed by atoms with van der Waals surface area (Å²) in [7, 11) is 0. The van der Waals surface area contributed by atoms with E-state index in [2.05, 4.69) is 0 Å². The smallest absolute Gasteiger partial charge is 0.262 e. The second-order valence-corrected chi connectivity index (χ2v) is 20.5. The molecule has 0 bridgehead atoms.